The molecule has 1 aromatic rings. The zero-order valence-corrected chi connectivity index (χ0v) is 13.5. The van der Waals surface area contributed by atoms with Gasteiger partial charge in [0.05, 0.1) is 0 Å². The van der Waals surface area contributed by atoms with Crippen LogP contribution in [-0.2, 0) is 6.54 Å². The fourth-order valence-corrected chi connectivity index (χ4v) is 4.08. The second-order valence-corrected chi connectivity index (χ2v) is 7.67. The van der Waals surface area contributed by atoms with Crippen LogP contribution in [0.3, 0.4) is 0 Å². The fraction of sp³-hybridized carbons (Fsp3) is 0.750. The molecule has 1 heterocycles. The molecule has 0 amide bonds. The van der Waals surface area contributed by atoms with Gasteiger partial charge in [-0.15, -0.1) is 11.3 Å². The maximum Gasteiger partial charge on any atom is 0.0343 e. The molecule has 1 aliphatic carbocycles. The Labute approximate surface area is 122 Å². The summed E-state index contributed by atoms with van der Waals surface area (Å²) in [6, 6.07) is 4.94. The second-order valence-electron chi connectivity index (χ2n) is 6.64. The molecule has 2 N–H and O–H groups in total. The normalized spacial score (nSPS) is 27.3. The smallest absolute Gasteiger partial charge is 0.0343 e. The molecule has 0 atom stereocenters. The van der Waals surface area contributed by atoms with Crippen LogP contribution in [0.15, 0.2) is 17.5 Å². The van der Waals surface area contributed by atoms with Gasteiger partial charge in [-0.1, -0.05) is 19.9 Å². The van der Waals surface area contributed by atoms with Crippen LogP contribution in [0.1, 0.15) is 45.4 Å². The van der Waals surface area contributed by atoms with Gasteiger partial charge in [-0.3, -0.25) is 4.90 Å². The molecule has 0 aliphatic heterocycles. The summed E-state index contributed by atoms with van der Waals surface area (Å²) in [6.07, 6.45) is 2.54. The highest BCUT2D eigenvalue weighted by Gasteiger charge is 2.48. The number of thiophene rings is 1. The van der Waals surface area contributed by atoms with Gasteiger partial charge in [-0.2, -0.15) is 0 Å². The summed E-state index contributed by atoms with van der Waals surface area (Å²) in [6.45, 7) is 11.1. The van der Waals surface area contributed by atoms with Gasteiger partial charge in [0.25, 0.3) is 0 Å². The molecule has 0 aromatic carbocycles. The summed E-state index contributed by atoms with van der Waals surface area (Å²) in [4.78, 5) is 4.09. The zero-order chi connectivity index (χ0) is 14.0. The van der Waals surface area contributed by atoms with Crippen LogP contribution >= 0.6 is 11.3 Å². The highest BCUT2D eigenvalue weighted by Crippen LogP contribution is 2.46. The molecule has 0 bridgehead atoms. The SMILES string of the molecule is CC(C)C1CC(CN)(N(Cc2cccs2)C(C)C)C1. The van der Waals surface area contributed by atoms with Gasteiger partial charge in [0, 0.05) is 29.5 Å². The number of nitrogens with two attached hydrogens (primary N) is 1. The van der Waals surface area contributed by atoms with Crippen LogP contribution in [0.4, 0.5) is 0 Å². The Balaban J connectivity index is 2.09. The molecule has 1 saturated carbocycles. The van der Waals surface area contributed by atoms with Crippen LogP contribution in [-0.4, -0.2) is 23.0 Å². The Morgan fingerprint density at radius 2 is 2.05 bits per heavy atom. The van der Waals surface area contributed by atoms with E-state index in [4.69, 9.17) is 5.73 Å². The van der Waals surface area contributed by atoms with Crippen molar-refractivity contribution in [3.05, 3.63) is 22.4 Å². The van der Waals surface area contributed by atoms with Crippen LogP contribution < -0.4 is 5.73 Å². The van der Waals surface area contributed by atoms with Crippen molar-refractivity contribution in [3.8, 4) is 0 Å². The first-order valence-electron chi connectivity index (χ1n) is 7.47. The van der Waals surface area contributed by atoms with E-state index in [9.17, 15) is 0 Å². The molecular formula is C16H28N2S. The molecule has 108 valence electrons. The summed E-state index contributed by atoms with van der Waals surface area (Å²) in [7, 11) is 0. The van der Waals surface area contributed by atoms with Crippen molar-refractivity contribution in [1.82, 2.24) is 4.90 Å². The Kier molecular flexibility index (Phi) is 4.70. The minimum atomic E-state index is 0.243. The Morgan fingerprint density at radius 3 is 2.47 bits per heavy atom. The highest BCUT2D eigenvalue weighted by atomic mass is 32.1. The molecule has 1 aliphatic rings. The maximum atomic E-state index is 6.16. The quantitative estimate of drug-likeness (QED) is 0.860. The first kappa shape index (κ1) is 15.0. The molecular weight excluding hydrogens is 252 g/mol. The van der Waals surface area contributed by atoms with E-state index in [2.05, 4.69) is 50.1 Å². The van der Waals surface area contributed by atoms with Crippen molar-refractivity contribution >= 4 is 11.3 Å². The van der Waals surface area contributed by atoms with E-state index in [-0.39, 0.29) is 5.54 Å². The minimum absolute atomic E-state index is 0.243. The number of nitrogens with zero attached hydrogens (tertiary/aromatic N) is 1. The summed E-state index contributed by atoms with van der Waals surface area (Å²) in [5.41, 5.74) is 6.40. The molecule has 0 spiro atoms. The molecule has 2 rings (SSSR count). The topological polar surface area (TPSA) is 29.3 Å². The molecule has 1 aromatic heterocycles. The number of hydrogen-bond acceptors (Lipinski definition) is 3. The first-order valence-corrected chi connectivity index (χ1v) is 8.35. The number of hydrogen-bond donors (Lipinski definition) is 1. The monoisotopic (exact) mass is 280 g/mol. The van der Waals surface area contributed by atoms with Crippen molar-refractivity contribution < 1.29 is 0 Å². The van der Waals surface area contributed by atoms with Crippen molar-refractivity contribution in [2.24, 2.45) is 17.6 Å². The molecule has 19 heavy (non-hydrogen) atoms. The Bertz CT molecular complexity index is 377. The molecule has 0 saturated heterocycles. The van der Waals surface area contributed by atoms with E-state index >= 15 is 0 Å². The summed E-state index contributed by atoms with van der Waals surface area (Å²) >= 11 is 1.85. The summed E-state index contributed by atoms with van der Waals surface area (Å²) in [5, 5.41) is 2.17. The second kappa shape index (κ2) is 5.94. The molecule has 0 unspecified atom stereocenters. The van der Waals surface area contributed by atoms with Crippen LogP contribution in [0, 0.1) is 11.8 Å². The predicted molar refractivity (Wildman–Crippen MR) is 84.3 cm³/mol. The lowest BCUT2D eigenvalue weighted by Gasteiger charge is -2.56. The summed E-state index contributed by atoms with van der Waals surface area (Å²) < 4.78 is 0. The third kappa shape index (κ3) is 3.04. The van der Waals surface area contributed by atoms with Crippen LogP contribution in [0.5, 0.6) is 0 Å². The maximum absolute atomic E-state index is 6.16. The van der Waals surface area contributed by atoms with E-state index in [0.29, 0.717) is 6.04 Å². The van der Waals surface area contributed by atoms with Crippen molar-refractivity contribution in [2.75, 3.05) is 6.54 Å². The van der Waals surface area contributed by atoms with E-state index < -0.39 is 0 Å². The largest absolute Gasteiger partial charge is 0.329 e. The average Bonchev–Trinajstić information content (AvgIpc) is 2.79. The van der Waals surface area contributed by atoms with Crippen LogP contribution in [0.25, 0.3) is 0 Å². The van der Waals surface area contributed by atoms with Gasteiger partial charge in [-0.25, -0.2) is 0 Å². The first-order chi connectivity index (χ1) is 8.98. The van der Waals surface area contributed by atoms with E-state index in [1.54, 1.807) is 0 Å². The lowest BCUT2D eigenvalue weighted by molar-refractivity contribution is -0.0574. The van der Waals surface area contributed by atoms with Gasteiger partial charge in [0.15, 0.2) is 0 Å². The third-order valence-electron chi connectivity index (χ3n) is 4.75. The van der Waals surface area contributed by atoms with E-state index in [1.165, 1.54) is 17.7 Å². The zero-order valence-electron chi connectivity index (χ0n) is 12.7. The number of rotatable bonds is 6. The minimum Gasteiger partial charge on any atom is -0.329 e. The Morgan fingerprint density at radius 1 is 1.37 bits per heavy atom. The van der Waals surface area contributed by atoms with Crippen LogP contribution in [0.2, 0.25) is 0 Å². The van der Waals surface area contributed by atoms with Gasteiger partial charge < -0.3 is 5.73 Å². The molecule has 0 radical (unpaired) electrons. The van der Waals surface area contributed by atoms with Gasteiger partial charge in [0.1, 0.15) is 0 Å². The van der Waals surface area contributed by atoms with Gasteiger partial charge in [0.2, 0.25) is 0 Å². The lowest BCUT2D eigenvalue weighted by Crippen LogP contribution is -2.63. The predicted octanol–water partition coefficient (Wildman–Crippen LogP) is 3.72. The third-order valence-corrected chi connectivity index (χ3v) is 5.61. The average molecular weight is 280 g/mol. The summed E-state index contributed by atoms with van der Waals surface area (Å²) in [5.74, 6) is 1.64. The molecule has 1 fully saturated rings. The fourth-order valence-electron chi connectivity index (χ4n) is 3.37. The Hall–Kier alpha value is -0.380. The standard InChI is InChI=1S/C16H28N2S/c1-12(2)14-8-16(9-14,11-17)18(13(3)4)10-15-6-5-7-19-15/h5-7,12-14H,8-11,17H2,1-4H3. The molecule has 2 nitrogen and oxygen atoms in total. The van der Waals surface area contributed by atoms with Crippen molar-refractivity contribution in [2.45, 2.75) is 58.7 Å². The van der Waals surface area contributed by atoms with Gasteiger partial charge in [-0.05, 0) is 50.0 Å². The molecule has 3 heteroatoms. The van der Waals surface area contributed by atoms with Crippen molar-refractivity contribution in [3.63, 3.8) is 0 Å². The lowest BCUT2D eigenvalue weighted by atomic mass is 9.62. The van der Waals surface area contributed by atoms with Gasteiger partial charge >= 0.3 is 0 Å². The van der Waals surface area contributed by atoms with Crippen molar-refractivity contribution in [1.29, 1.82) is 0 Å². The highest BCUT2D eigenvalue weighted by molar-refractivity contribution is 7.09. The van der Waals surface area contributed by atoms with E-state index in [1.807, 2.05) is 11.3 Å². The van der Waals surface area contributed by atoms with E-state index in [0.717, 1.165) is 24.9 Å².